The van der Waals surface area contributed by atoms with Gasteiger partial charge < -0.3 is 28.4 Å². The number of rotatable bonds is 27. The van der Waals surface area contributed by atoms with E-state index in [2.05, 4.69) is 13.2 Å². The summed E-state index contributed by atoms with van der Waals surface area (Å²) in [6.45, 7) is 8.03. The zero-order valence-electron chi connectivity index (χ0n) is 24.6. The van der Waals surface area contributed by atoms with Crippen molar-refractivity contribution in [3.8, 4) is 0 Å². The number of ether oxygens (including phenoxy) is 6. The normalized spacial score (nSPS) is 10.2. The van der Waals surface area contributed by atoms with Crippen LogP contribution in [0.2, 0.25) is 0 Å². The molecular formula is C30H46O12. The molecule has 0 radical (unpaired) electrons. The fraction of sp³-hybridized carbons (Fsp3) is 0.667. The van der Waals surface area contributed by atoms with E-state index in [4.69, 9.17) is 28.4 Å². The molecule has 0 unspecified atom stereocenters. The Labute approximate surface area is 248 Å². The summed E-state index contributed by atoms with van der Waals surface area (Å²) in [7, 11) is 0. The van der Waals surface area contributed by atoms with Gasteiger partial charge in [0.15, 0.2) is 0 Å². The molecule has 0 spiro atoms. The molecular weight excluding hydrogens is 552 g/mol. The van der Waals surface area contributed by atoms with Crippen molar-refractivity contribution in [2.24, 2.45) is 0 Å². The Balaban J connectivity index is 3.51. The van der Waals surface area contributed by atoms with E-state index in [1.54, 1.807) is 0 Å². The SMILES string of the molecule is C=CCOC(=O)CCC(=O)OCCCCCC(=O)OCCCCOC(=O)CCCCCOC(=O)CCC(=O)OCC=C. The van der Waals surface area contributed by atoms with Crippen molar-refractivity contribution in [2.75, 3.05) is 39.6 Å². The van der Waals surface area contributed by atoms with Crippen LogP contribution in [0.5, 0.6) is 0 Å². The zero-order valence-corrected chi connectivity index (χ0v) is 24.6. The molecule has 0 bridgehead atoms. The first-order chi connectivity index (χ1) is 20.3. The second-order valence-corrected chi connectivity index (χ2v) is 9.15. The molecule has 0 aromatic heterocycles. The van der Waals surface area contributed by atoms with Crippen LogP contribution < -0.4 is 0 Å². The minimum atomic E-state index is -0.479. The predicted molar refractivity (Wildman–Crippen MR) is 151 cm³/mol. The minimum Gasteiger partial charge on any atom is -0.466 e. The molecule has 0 aliphatic heterocycles. The van der Waals surface area contributed by atoms with E-state index in [0.29, 0.717) is 51.4 Å². The molecule has 0 aromatic carbocycles. The van der Waals surface area contributed by atoms with Crippen LogP contribution in [0.3, 0.4) is 0 Å². The molecule has 0 saturated heterocycles. The molecule has 0 N–H and O–H groups in total. The van der Waals surface area contributed by atoms with Crippen molar-refractivity contribution in [3.05, 3.63) is 25.3 Å². The summed E-state index contributed by atoms with van der Waals surface area (Å²) in [5.41, 5.74) is 0. The third-order valence-corrected chi connectivity index (χ3v) is 5.43. The van der Waals surface area contributed by atoms with Gasteiger partial charge in [-0.25, -0.2) is 0 Å². The summed E-state index contributed by atoms with van der Waals surface area (Å²) >= 11 is 0. The fourth-order valence-electron chi connectivity index (χ4n) is 3.19. The molecule has 0 heterocycles. The highest BCUT2D eigenvalue weighted by atomic mass is 16.6. The summed E-state index contributed by atoms with van der Waals surface area (Å²) in [4.78, 5) is 69.3. The van der Waals surface area contributed by atoms with Crippen LogP contribution in [-0.2, 0) is 57.2 Å². The van der Waals surface area contributed by atoms with E-state index in [-0.39, 0.29) is 90.1 Å². The second-order valence-electron chi connectivity index (χ2n) is 9.15. The molecule has 0 rings (SSSR count). The van der Waals surface area contributed by atoms with Crippen LogP contribution >= 0.6 is 0 Å². The van der Waals surface area contributed by atoms with Crippen LogP contribution in [0.25, 0.3) is 0 Å². The monoisotopic (exact) mass is 598 g/mol. The average molecular weight is 599 g/mol. The average Bonchev–Trinajstić information content (AvgIpc) is 2.97. The quantitative estimate of drug-likeness (QED) is 0.0578. The first-order valence-corrected chi connectivity index (χ1v) is 14.4. The van der Waals surface area contributed by atoms with Crippen molar-refractivity contribution < 1.29 is 57.2 Å². The van der Waals surface area contributed by atoms with Crippen molar-refractivity contribution in [1.82, 2.24) is 0 Å². The number of hydrogen-bond acceptors (Lipinski definition) is 12. The van der Waals surface area contributed by atoms with Crippen LogP contribution in [0.1, 0.15) is 89.9 Å². The lowest BCUT2D eigenvalue weighted by Crippen LogP contribution is -2.11. The van der Waals surface area contributed by atoms with Crippen LogP contribution in [0, 0.1) is 0 Å². The second kappa shape index (κ2) is 27.5. The molecule has 0 aromatic rings. The summed E-state index contributed by atoms with van der Waals surface area (Å²) < 4.78 is 29.9. The third kappa shape index (κ3) is 26.5. The van der Waals surface area contributed by atoms with E-state index in [9.17, 15) is 28.8 Å². The summed E-state index contributed by atoms with van der Waals surface area (Å²) in [5.74, 6) is -2.51. The van der Waals surface area contributed by atoms with Crippen molar-refractivity contribution in [1.29, 1.82) is 0 Å². The van der Waals surface area contributed by atoms with E-state index in [0.717, 1.165) is 0 Å². The van der Waals surface area contributed by atoms with E-state index < -0.39 is 23.9 Å². The van der Waals surface area contributed by atoms with Gasteiger partial charge >= 0.3 is 35.8 Å². The first kappa shape index (κ1) is 38.3. The van der Waals surface area contributed by atoms with Gasteiger partial charge in [-0.05, 0) is 51.4 Å². The standard InChI is InChI=1S/C30H46O12/c1-3-19-37-27(33)15-17-29(35)41-21-9-5-7-13-25(31)39-23-11-12-24-40-26(32)14-8-6-10-22-42-30(36)18-16-28(34)38-20-4-2/h3-4H,1-2,5-24H2. The highest BCUT2D eigenvalue weighted by molar-refractivity contribution is 5.78. The largest absolute Gasteiger partial charge is 0.466 e. The van der Waals surface area contributed by atoms with E-state index >= 15 is 0 Å². The molecule has 0 atom stereocenters. The predicted octanol–water partition coefficient (Wildman–Crippen LogP) is 4.08. The zero-order chi connectivity index (χ0) is 31.3. The number of carbonyl (C=O) groups excluding carboxylic acids is 6. The molecule has 0 aliphatic carbocycles. The fourth-order valence-corrected chi connectivity index (χ4v) is 3.19. The van der Waals surface area contributed by atoms with Crippen molar-refractivity contribution in [2.45, 2.75) is 89.9 Å². The molecule has 238 valence electrons. The lowest BCUT2D eigenvalue weighted by Gasteiger charge is -2.07. The van der Waals surface area contributed by atoms with Gasteiger partial charge in [-0.1, -0.05) is 25.3 Å². The van der Waals surface area contributed by atoms with Gasteiger partial charge in [-0.2, -0.15) is 0 Å². The number of hydrogen-bond donors (Lipinski definition) is 0. The lowest BCUT2D eigenvalue weighted by atomic mass is 10.2. The molecule has 42 heavy (non-hydrogen) atoms. The number of esters is 6. The molecule has 12 nitrogen and oxygen atoms in total. The van der Waals surface area contributed by atoms with Gasteiger partial charge in [0.2, 0.25) is 0 Å². The topological polar surface area (TPSA) is 158 Å². The Bertz CT molecular complexity index is 768. The van der Waals surface area contributed by atoms with Gasteiger partial charge in [-0.15, -0.1) is 0 Å². The number of unbranched alkanes of at least 4 members (excludes halogenated alkanes) is 5. The Hall–Kier alpha value is -3.70. The smallest absolute Gasteiger partial charge is 0.306 e. The maximum Gasteiger partial charge on any atom is 0.306 e. The Morgan fingerprint density at radius 2 is 0.619 bits per heavy atom. The van der Waals surface area contributed by atoms with Crippen molar-refractivity contribution in [3.63, 3.8) is 0 Å². The molecule has 0 fully saturated rings. The van der Waals surface area contributed by atoms with Gasteiger partial charge in [0.05, 0.1) is 52.1 Å². The van der Waals surface area contributed by atoms with E-state index in [1.807, 2.05) is 0 Å². The highest BCUT2D eigenvalue weighted by Crippen LogP contribution is 2.06. The van der Waals surface area contributed by atoms with Gasteiger partial charge in [0, 0.05) is 12.8 Å². The molecule has 12 heteroatoms. The minimum absolute atomic E-state index is 0.0377. The van der Waals surface area contributed by atoms with Crippen LogP contribution in [0.15, 0.2) is 25.3 Å². The van der Waals surface area contributed by atoms with Crippen LogP contribution in [0.4, 0.5) is 0 Å². The van der Waals surface area contributed by atoms with Gasteiger partial charge in [-0.3, -0.25) is 28.8 Å². The molecule has 0 aliphatic rings. The maximum absolute atomic E-state index is 11.8. The first-order valence-electron chi connectivity index (χ1n) is 14.4. The summed E-state index contributed by atoms with van der Waals surface area (Å²) in [6, 6.07) is 0. The van der Waals surface area contributed by atoms with Gasteiger partial charge in [0.25, 0.3) is 0 Å². The van der Waals surface area contributed by atoms with Crippen molar-refractivity contribution >= 4 is 35.8 Å². The summed E-state index contributed by atoms with van der Waals surface area (Å²) in [5, 5.41) is 0. The Morgan fingerprint density at radius 1 is 0.357 bits per heavy atom. The highest BCUT2D eigenvalue weighted by Gasteiger charge is 2.10. The Kier molecular flexibility index (Phi) is 25.0. The maximum atomic E-state index is 11.8. The molecule has 0 saturated carbocycles. The lowest BCUT2D eigenvalue weighted by molar-refractivity contribution is -0.149. The van der Waals surface area contributed by atoms with Gasteiger partial charge in [0.1, 0.15) is 13.2 Å². The van der Waals surface area contributed by atoms with E-state index in [1.165, 1.54) is 12.2 Å². The molecule has 0 amide bonds. The number of carbonyl (C=O) groups is 6. The summed E-state index contributed by atoms with van der Waals surface area (Å²) in [6.07, 6.45) is 8.24. The Morgan fingerprint density at radius 3 is 0.929 bits per heavy atom. The van der Waals surface area contributed by atoms with Crippen LogP contribution in [-0.4, -0.2) is 75.5 Å². The third-order valence-electron chi connectivity index (χ3n) is 5.43.